The number of unbranched alkanes of at least 4 members (excludes halogenated alkanes) is 1. The van der Waals surface area contributed by atoms with Crippen molar-refractivity contribution in [1.82, 2.24) is 15.8 Å². The third-order valence-corrected chi connectivity index (χ3v) is 7.87. The van der Waals surface area contributed by atoms with Crippen molar-refractivity contribution in [2.24, 2.45) is 0 Å². The van der Waals surface area contributed by atoms with Crippen molar-refractivity contribution in [3.8, 4) is 11.1 Å². The third kappa shape index (κ3) is 8.45. The van der Waals surface area contributed by atoms with Gasteiger partial charge in [-0.2, -0.15) is 0 Å². The monoisotopic (exact) mass is 585 g/mol. The fraction of sp³-hybridized carbons (Fsp3) is 0.400. The van der Waals surface area contributed by atoms with Crippen LogP contribution in [-0.4, -0.2) is 48.8 Å². The second-order valence-corrected chi connectivity index (χ2v) is 10.8. The van der Waals surface area contributed by atoms with Crippen LogP contribution in [0.25, 0.3) is 11.1 Å². The summed E-state index contributed by atoms with van der Waals surface area (Å²) in [6.07, 6.45) is 3.57. The van der Waals surface area contributed by atoms with E-state index in [0.717, 1.165) is 31.2 Å². The van der Waals surface area contributed by atoms with Crippen molar-refractivity contribution >= 4 is 18.0 Å². The minimum Gasteiger partial charge on any atom is -0.466 e. The number of carbonyl (C=O) groups excluding carboxylic acids is 3. The van der Waals surface area contributed by atoms with E-state index in [0.29, 0.717) is 18.7 Å². The van der Waals surface area contributed by atoms with Crippen LogP contribution < -0.4 is 10.7 Å². The maximum atomic E-state index is 13.2. The zero-order valence-electron chi connectivity index (χ0n) is 25.4. The first-order chi connectivity index (χ1) is 20.9. The Balaban J connectivity index is 1.39. The second-order valence-electron chi connectivity index (χ2n) is 10.8. The summed E-state index contributed by atoms with van der Waals surface area (Å²) in [4.78, 5) is 37.2. The van der Waals surface area contributed by atoms with Crippen LogP contribution in [0.1, 0.15) is 85.8 Å². The largest absolute Gasteiger partial charge is 0.466 e. The number of fused-ring (bicyclic) bond motifs is 3. The Kier molecular flexibility index (Phi) is 11.7. The molecule has 2 N–H and O–H groups in total. The quantitative estimate of drug-likeness (QED) is 0.154. The third-order valence-electron chi connectivity index (χ3n) is 7.87. The highest BCUT2D eigenvalue weighted by Gasteiger charge is 2.29. The number of hydrazine groups is 1. The summed E-state index contributed by atoms with van der Waals surface area (Å²) in [7, 11) is 0. The molecule has 1 atom stereocenters. The lowest BCUT2D eigenvalue weighted by Gasteiger charge is -2.31. The Labute approximate surface area is 254 Å². The zero-order chi connectivity index (χ0) is 30.6. The molecule has 2 amide bonds. The molecule has 1 aliphatic rings. The summed E-state index contributed by atoms with van der Waals surface area (Å²) >= 11 is 0. The molecular formula is C35H43N3O5. The van der Waals surface area contributed by atoms with Gasteiger partial charge in [0.15, 0.2) is 0 Å². The lowest BCUT2D eigenvalue weighted by Crippen LogP contribution is -2.48. The van der Waals surface area contributed by atoms with E-state index >= 15 is 0 Å². The van der Waals surface area contributed by atoms with Crippen LogP contribution in [0.4, 0.5) is 4.79 Å². The van der Waals surface area contributed by atoms with Crippen LogP contribution in [0.3, 0.4) is 0 Å². The van der Waals surface area contributed by atoms with E-state index < -0.39 is 6.09 Å². The molecule has 0 spiro atoms. The van der Waals surface area contributed by atoms with Gasteiger partial charge in [-0.05, 0) is 59.7 Å². The van der Waals surface area contributed by atoms with Crippen molar-refractivity contribution in [2.75, 3.05) is 19.8 Å². The average Bonchev–Trinajstić information content (AvgIpc) is 3.34. The SMILES string of the molecule is CCCCC(CC)N(Cc1ccc(C(=O)NCCC(=O)OCC)cc1)NC(=O)OCC1c2ccccc2-c2ccccc21. The fourth-order valence-electron chi connectivity index (χ4n) is 5.60. The van der Waals surface area contributed by atoms with Crippen molar-refractivity contribution in [1.29, 1.82) is 0 Å². The van der Waals surface area contributed by atoms with Crippen LogP contribution >= 0.6 is 0 Å². The minimum atomic E-state index is -0.477. The molecule has 0 bridgehead atoms. The average molecular weight is 586 g/mol. The molecule has 8 nitrogen and oxygen atoms in total. The van der Waals surface area contributed by atoms with Crippen molar-refractivity contribution in [3.05, 3.63) is 95.1 Å². The van der Waals surface area contributed by atoms with Crippen LogP contribution in [0.5, 0.6) is 0 Å². The van der Waals surface area contributed by atoms with E-state index in [4.69, 9.17) is 9.47 Å². The molecule has 0 aliphatic heterocycles. The van der Waals surface area contributed by atoms with Gasteiger partial charge in [0.25, 0.3) is 5.91 Å². The molecule has 0 radical (unpaired) electrons. The van der Waals surface area contributed by atoms with Gasteiger partial charge in [0.05, 0.1) is 13.0 Å². The number of carbonyl (C=O) groups is 3. The predicted octanol–water partition coefficient (Wildman–Crippen LogP) is 6.59. The van der Waals surface area contributed by atoms with Crippen molar-refractivity contribution < 1.29 is 23.9 Å². The maximum Gasteiger partial charge on any atom is 0.421 e. The first-order valence-electron chi connectivity index (χ1n) is 15.4. The summed E-state index contributed by atoms with van der Waals surface area (Å²) in [6.45, 7) is 7.28. The first kappa shape index (κ1) is 31.8. The number of amides is 2. The van der Waals surface area contributed by atoms with Gasteiger partial charge in [-0.1, -0.05) is 87.4 Å². The smallest absolute Gasteiger partial charge is 0.421 e. The highest BCUT2D eigenvalue weighted by Crippen LogP contribution is 2.44. The number of esters is 1. The van der Waals surface area contributed by atoms with Gasteiger partial charge in [0.2, 0.25) is 0 Å². The second kappa shape index (κ2) is 15.9. The van der Waals surface area contributed by atoms with Gasteiger partial charge in [-0.15, -0.1) is 0 Å². The molecule has 8 heteroatoms. The van der Waals surface area contributed by atoms with Gasteiger partial charge in [-0.25, -0.2) is 9.80 Å². The zero-order valence-corrected chi connectivity index (χ0v) is 25.4. The molecule has 4 rings (SSSR count). The van der Waals surface area contributed by atoms with E-state index in [-0.39, 0.29) is 43.4 Å². The molecule has 43 heavy (non-hydrogen) atoms. The first-order valence-corrected chi connectivity index (χ1v) is 15.4. The molecule has 3 aromatic carbocycles. The van der Waals surface area contributed by atoms with E-state index in [1.807, 2.05) is 41.4 Å². The minimum absolute atomic E-state index is 0.00959. The lowest BCUT2D eigenvalue weighted by atomic mass is 9.98. The molecule has 0 aromatic heterocycles. The Hall–Kier alpha value is -4.17. The molecule has 1 unspecified atom stereocenters. The Morgan fingerprint density at radius 1 is 0.860 bits per heavy atom. The van der Waals surface area contributed by atoms with E-state index in [2.05, 4.69) is 48.9 Å². The Morgan fingerprint density at radius 3 is 2.12 bits per heavy atom. The van der Waals surface area contributed by atoms with E-state index in [1.54, 1.807) is 19.1 Å². The van der Waals surface area contributed by atoms with Gasteiger partial charge < -0.3 is 14.8 Å². The van der Waals surface area contributed by atoms with Crippen LogP contribution in [0.2, 0.25) is 0 Å². The lowest BCUT2D eigenvalue weighted by molar-refractivity contribution is -0.142. The highest BCUT2D eigenvalue weighted by atomic mass is 16.6. The van der Waals surface area contributed by atoms with Gasteiger partial charge >= 0.3 is 12.1 Å². The van der Waals surface area contributed by atoms with E-state index in [9.17, 15) is 14.4 Å². The summed E-state index contributed by atoms with van der Waals surface area (Å²) in [5.41, 5.74) is 9.22. The number of hydrogen-bond donors (Lipinski definition) is 2. The Bertz CT molecular complexity index is 1330. The van der Waals surface area contributed by atoms with Gasteiger partial charge in [0, 0.05) is 30.6 Å². The number of nitrogens with one attached hydrogen (secondary N) is 2. The Morgan fingerprint density at radius 2 is 1.51 bits per heavy atom. The normalized spacial score (nSPS) is 12.7. The highest BCUT2D eigenvalue weighted by molar-refractivity contribution is 5.94. The van der Waals surface area contributed by atoms with Gasteiger partial charge in [-0.3, -0.25) is 15.0 Å². The maximum absolute atomic E-state index is 13.2. The van der Waals surface area contributed by atoms with Gasteiger partial charge in [0.1, 0.15) is 6.61 Å². The topological polar surface area (TPSA) is 97.0 Å². The molecule has 0 saturated carbocycles. The fourth-order valence-corrected chi connectivity index (χ4v) is 5.60. The molecule has 0 fully saturated rings. The predicted molar refractivity (Wildman–Crippen MR) is 167 cm³/mol. The van der Waals surface area contributed by atoms with Crippen molar-refractivity contribution in [3.63, 3.8) is 0 Å². The summed E-state index contributed by atoms with van der Waals surface area (Å²) < 4.78 is 10.7. The number of rotatable bonds is 15. The molecule has 228 valence electrons. The summed E-state index contributed by atoms with van der Waals surface area (Å²) in [5.74, 6) is -0.598. The van der Waals surface area contributed by atoms with Crippen LogP contribution in [-0.2, 0) is 20.8 Å². The van der Waals surface area contributed by atoms with E-state index in [1.165, 1.54) is 22.3 Å². The molecule has 3 aromatic rings. The number of hydrogen-bond acceptors (Lipinski definition) is 6. The van der Waals surface area contributed by atoms with Crippen LogP contribution in [0.15, 0.2) is 72.8 Å². The summed E-state index contributed by atoms with van der Waals surface area (Å²) in [6, 6.07) is 24.0. The number of ether oxygens (including phenoxy) is 2. The molecule has 0 heterocycles. The number of nitrogens with zero attached hydrogens (tertiary/aromatic N) is 1. The molecular weight excluding hydrogens is 542 g/mol. The van der Waals surface area contributed by atoms with Crippen molar-refractivity contribution in [2.45, 2.75) is 71.4 Å². The molecule has 1 aliphatic carbocycles. The standard InChI is InChI=1S/C35H43N3O5/c1-4-7-12-27(5-2)38(23-25-17-19-26(20-18-25)34(40)36-22-21-33(39)42-6-3)37-35(41)43-24-32-30-15-10-8-13-28(30)29-14-9-11-16-31(29)32/h8-11,13-20,27,32H,4-7,12,21-24H2,1-3H3,(H,36,40)(H,37,41). The van der Waals surface area contributed by atoms with Crippen LogP contribution in [0, 0.1) is 0 Å². The summed E-state index contributed by atoms with van der Waals surface area (Å²) in [5, 5.41) is 4.71. The molecule has 0 saturated heterocycles. The number of benzene rings is 3.